The first kappa shape index (κ1) is 16.1. The van der Waals surface area contributed by atoms with Gasteiger partial charge in [0.1, 0.15) is 17.4 Å². The van der Waals surface area contributed by atoms with Crippen molar-refractivity contribution < 1.29 is 9.53 Å². The van der Waals surface area contributed by atoms with Crippen LogP contribution in [0.2, 0.25) is 0 Å². The number of benzene rings is 1. The van der Waals surface area contributed by atoms with Gasteiger partial charge in [-0.25, -0.2) is 14.8 Å². The number of hydrogen-bond acceptors (Lipinski definition) is 5. The molecule has 2 aromatic heterocycles. The number of aryl methyl sites for hydroxylation is 4. The van der Waals surface area contributed by atoms with Crippen LogP contribution in [0.1, 0.15) is 34.9 Å². The molecule has 0 spiro atoms. The third kappa shape index (κ3) is 3.24. The molecule has 6 nitrogen and oxygen atoms in total. The molecule has 1 amide bonds. The van der Waals surface area contributed by atoms with Gasteiger partial charge < -0.3 is 9.30 Å². The highest BCUT2D eigenvalue weighted by Crippen LogP contribution is 2.25. The quantitative estimate of drug-likeness (QED) is 0.764. The van der Waals surface area contributed by atoms with E-state index >= 15 is 0 Å². The predicted molar refractivity (Wildman–Crippen MR) is 98.1 cm³/mol. The van der Waals surface area contributed by atoms with Gasteiger partial charge >= 0.3 is 6.09 Å². The number of rotatable bonds is 3. The molecule has 7 heteroatoms. The van der Waals surface area contributed by atoms with Gasteiger partial charge in [-0.15, -0.1) is 11.3 Å². The number of aromatic nitrogens is 3. The Bertz CT molecular complexity index is 944. The Labute approximate surface area is 149 Å². The summed E-state index contributed by atoms with van der Waals surface area (Å²) in [5.74, 6) is 1.16. The van der Waals surface area contributed by atoms with Gasteiger partial charge in [-0.1, -0.05) is 6.07 Å². The third-order valence-electron chi connectivity index (χ3n) is 4.41. The minimum atomic E-state index is -0.462. The van der Waals surface area contributed by atoms with E-state index in [1.165, 1.54) is 29.7 Å². The molecule has 0 saturated heterocycles. The fourth-order valence-corrected chi connectivity index (χ4v) is 4.04. The third-order valence-corrected chi connectivity index (χ3v) is 5.40. The highest BCUT2D eigenvalue weighted by molar-refractivity contribution is 7.16. The molecule has 3 aromatic rings. The summed E-state index contributed by atoms with van der Waals surface area (Å²) in [7, 11) is 0. The molecule has 0 fully saturated rings. The Morgan fingerprint density at radius 2 is 2.20 bits per heavy atom. The van der Waals surface area contributed by atoms with Crippen LogP contribution in [-0.4, -0.2) is 20.6 Å². The first-order valence-corrected chi connectivity index (χ1v) is 9.27. The standard InChI is InChI=1S/C18H20N4O2S/c1-11-17(25-12(2)19-11)21-18(23)24-10-13-6-7-15-14(9-13)20-16-5-3-4-8-22(15)16/h6-7,9H,3-5,8,10H2,1-2H3,(H,21,23). The molecule has 3 heterocycles. The molecule has 25 heavy (non-hydrogen) atoms. The molecule has 1 aliphatic rings. The maximum absolute atomic E-state index is 12.0. The minimum Gasteiger partial charge on any atom is -0.444 e. The highest BCUT2D eigenvalue weighted by Gasteiger charge is 2.15. The van der Waals surface area contributed by atoms with Crippen molar-refractivity contribution in [2.45, 2.75) is 46.3 Å². The molecular weight excluding hydrogens is 336 g/mol. The lowest BCUT2D eigenvalue weighted by Crippen LogP contribution is -2.13. The van der Waals surface area contributed by atoms with Crippen LogP contribution < -0.4 is 5.32 Å². The number of amides is 1. The first-order chi connectivity index (χ1) is 12.1. The van der Waals surface area contributed by atoms with Gasteiger partial charge in [0.2, 0.25) is 0 Å². The number of carbonyl (C=O) groups is 1. The number of hydrogen-bond donors (Lipinski definition) is 1. The summed E-state index contributed by atoms with van der Waals surface area (Å²) < 4.78 is 7.64. The van der Waals surface area contributed by atoms with Crippen LogP contribution in [0.25, 0.3) is 11.0 Å². The Morgan fingerprint density at radius 3 is 3.00 bits per heavy atom. The van der Waals surface area contributed by atoms with Crippen molar-refractivity contribution in [3.05, 3.63) is 40.3 Å². The minimum absolute atomic E-state index is 0.223. The molecule has 0 radical (unpaired) electrons. The predicted octanol–water partition coefficient (Wildman–Crippen LogP) is 4.19. The van der Waals surface area contributed by atoms with E-state index in [4.69, 9.17) is 9.72 Å². The van der Waals surface area contributed by atoms with Crippen LogP contribution in [-0.2, 0) is 24.3 Å². The van der Waals surface area contributed by atoms with Crippen molar-refractivity contribution >= 4 is 33.5 Å². The van der Waals surface area contributed by atoms with E-state index in [0.29, 0.717) is 0 Å². The average Bonchev–Trinajstić information content (AvgIpc) is 3.11. The monoisotopic (exact) mass is 356 g/mol. The summed E-state index contributed by atoms with van der Waals surface area (Å²) in [4.78, 5) is 21.0. The second-order valence-corrected chi connectivity index (χ2v) is 7.51. The summed E-state index contributed by atoms with van der Waals surface area (Å²) in [6, 6.07) is 6.09. The largest absolute Gasteiger partial charge is 0.444 e. The normalized spacial score (nSPS) is 13.7. The van der Waals surface area contributed by atoms with E-state index in [1.54, 1.807) is 0 Å². The Morgan fingerprint density at radius 1 is 1.32 bits per heavy atom. The summed E-state index contributed by atoms with van der Waals surface area (Å²) in [5.41, 5.74) is 3.89. The van der Waals surface area contributed by atoms with Crippen molar-refractivity contribution in [2.75, 3.05) is 5.32 Å². The van der Waals surface area contributed by atoms with E-state index in [9.17, 15) is 4.79 Å². The van der Waals surface area contributed by atoms with Crippen molar-refractivity contribution in [3.8, 4) is 0 Å². The topological polar surface area (TPSA) is 69.0 Å². The maximum Gasteiger partial charge on any atom is 0.412 e. The molecule has 1 aliphatic heterocycles. The van der Waals surface area contributed by atoms with Crippen LogP contribution >= 0.6 is 11.3 Å². The highest BCUT2D eigenvalue weighted by atomic mass is 32.1. The molecule has 0 aliphatic carbocycles. The maximum atomic E-state index is 12.0. The number of ether oxygens (including phenoxy) is 1. The van der Waals surface area contributed by atoms with Crippen LogP contribution in [0.5, 0.6) is 0 Å². The van der Waals surface area contributed by atoms with E-state index in [1.807, 2.05) is 26.0 Å². The van der Waals surface area contributed by atoms with E-state index in [0.717, 1.165) is 45.6 Å². The molecule has 1 aromatic carbocycles. The summed E-state index contributed by atoms with van der Waals surface area (Å²) in [6.45, 7) is 5.04. The van der Waals surface area contributed by atoms with Crippen LogP contribution in [0.4, 0.5) is 9.80 Å². The lowest BCUT2D eigenvalue weighted by molar-refractivity contribution is 0.155. The van der Waals surface area contributed by atoms with Gasteiger partial charge in [0.25, 0.3) is 0 Å². The van der Waals surface area contributed by atoms with Crippen molar-refractivity contribution in [2.24, 2.45) is 0 Å². The number of thiazole rings is 1. The smallest absolute Gasteiger partial charge is 0.412 e. The zero-order valence-corrected chi connectivity index (χ0v) is 15.2. The fraction of sp³-hybridized carbons (Fsp3) is 0.389. The zero-order valence-electron chi connectivity index (χ0n) is 14.3. The van der Waals surface area contributed by atoms with Gasteiger partial charge in [-0.3, -0.25) is 5.32 Å². The summed E-state index contributed by atoms with van der Waals surface area (Å²) >= 11 is 1.45. The van der Waals surface area contributed by atoms with Gasteiger partial charge in [0.15, 0.2) is 0 Å². The number of nitrogens with zero attached hydrogens (tertiary/aromatic N) is 3. The van der Waals surface area contributed by atoms with E-state index in [2.05, 4.69) is 20.9 Å². The molecule has 0 unspecified atom stereocenters. The molecule has 4 rings (SSSR count). The number of anilines is 1. The van der Waals surface area contributed by atoms with Crippen LogP contribution in [0.3, 0.4) is 0 Å². The Balaban J connectivity index is 1.44. The molecule has 130 valence electrons. The van der Waals surface area contributed by atoms with Crippen molar-refractivity contribution in [3.63, 3.8) is 0 Å². The second-order valence-electron chi connectivity index (χ2n) is 6.31. The Kier molecular flexibility index (Phi) is 4.17. The van der Waals surface area contributed by atoms with Crippen molar-refractivity contribution in [1.29, 1.82) is 0 Å². The van der Waals surface area contributed by atoms with Gasteiger partial charge in [0.05, 0.1) is 21.7 Å². The Hall–Kier alpha value is -2.41. The van der Waals surface area contributed by atoms with E-state index in [-0.39, 0.29) is 6.61 Å². The number of carbonyl (C=O) groups excluding carboxylic acids is 1. The molecular formula is C18H20N4O2S. The van der Waals surface area contributed by atoms with Gasteiger partial charge in [0, 0.05) is 13.0 Å². The number of fused-ring (bicyclic) bond motifs is 3. The molecule has 0 saturated carbocycles. The lowest BCUT2D eigenvalue weighted by Gasteiger charge is -2.13. The average molecular weight is 356 g/mol. The summed E-state index contributed by atoms with van der Waals surface area (Å²) in [6.07, 6.45) is 2.99. The zero-order chi connectivity index (χ0) is 17.4. The lowest BCUT2D eigenvalue weighted by atomic mass is 10.1. The number of imidazole rings is 1. The van der Waals surface area contributed by atoms with Crippen molar-refractivity contribution in [1.82, 2.24) is 14.5 Å². The first-order valence-electron chi connectivity index (χ1n) is 8.46. The van der Waals surface area contributed by atoms with Gasteiger partial charge in [-0.05, 0) is 44.4 Å². The number of nitrogens with one attached hydrogen (secondary N) is 1. The van der Waals surface area contributed by atoms with Crippen LogP contribution in [0, 0.1) is 13.8 Å². The fourth-order valence-electron chi connectivity index (χ4n) is 3.23. The SMILES string of the molecule is Cc1nc(C)c(NC(=O)OCc2ccc3c(c2)nc2n3CCCC2)s1. The summed E-state index contributed by atoms with van der Waals surface area (Å²) in [5, 5.41) is 4.41. The molecule has 0 atom stereocenters. The van der Waals surface area contributed by atoms with Crippen LogP contribution in [0.15, 0.2) is 18.2 Å². The molecule has 0 bridgehead atoms. The molecule has 1 N–H and O–H groups in total. The van der Waals surface area contributed by atoms with Gasteiger partial charge in [-0.2, -0.15) is 0 Å². The van der Waals surface area contributed by atoms with E-state index < -0.39 is 6.09 Å². The second kappa shape index (κ2) is 6.48.